The highest BCUT2D eigenvalue weighted by molar-refractivity contribution is 6.01. The van der Waals surface area contributed by atoms with E-state index in [9.17, 15) is 17.6 Å². The number of benzene rings is 4. The molecule has 10 heteroatoms. The molecule has 0 heterocycles. The summed E-state index contributed by atoms with van der Waals surface area (Å²) in [4.78, 5) is 8.36. The van der Waals surface area contributed by atoms with Crippen LogP contribution in [0.5, 0.6) is 11.5 Å². The minimum absolute atomic E-state index is 0.0439. The molecule has 6 nitrogen and oxygen atoms in total. The maximum absolute atomic E-state index is 13.5. The van der Waals surface area contributed by atoms with E-state index in [0.717, 1.165) is 41.5 Å². The summed E-state index contributed by atoms with van der Waals surface area (Å²) < 4.78 is 60.6. The average molecular weight is 601 g/mol. The molecule has 4 aromatic rings. The highest BCUT2D eigenvalue weighted by atomic mass is 19.4. The van der Waals surface area contributed by atoms with Crippen molar-refractivity contribution >= 4 is 28.6 Å². The molecule has 0 saturated carbocycles. The third-order valence-electron chi connectivity index (χ3n) is 6.33. The Morgan fingerprint density at radius 1 is 1.00 bits per heavy atom. The van der Waals surface area contributed by atoms with E-state index in [0.29, 0.717) is 5.56 Å². The number of aryl methyl sites for hydroxylation is 2. The van der Waals surface area contributed by atoms with E-state index >= 15 is 0 Å². The van der Waals surface area contributed by atoms with Crippen LogP contribution < -0.4 is 20.5 Å². The third kappa shape index (κ3) is 9.39. The van der Waals surface area contributed by atoms with Gasteiger partial charge in [-0.25, -0.2) is 4.39 Å². The summed E-state index contributed by atoms with van der Waals surface area (Å²) in [5.41, 5.74) is 9.58. The molecule has 0 spiro atoms. The minimum Gasteiger partial charge on any atom is -0.496 e. The first-order valence-electron chi connectivity index (χ1n) is 13.3. The van der Waals surface area contributed by atoms with Crippen LogP contribution in [0, 0.1) is 12.7 Å². The van der Waals surface area contributed by atoms with Gasteiger partial charge in [0.2, 0.25) is 0 Å². The van der Waals surface area contributed by atoms with Crippen molar-refractivity contribution in [1.82, 2.24) is 0 Å². The normalized spacial score (nSPS) is 10.5. The molecule has 43 heavy (non-hydrogen) atoms. The van der Waals surface area contributed by atoms with Gasteiger partial charge in [0.15, 0.2) is 0 Å². The summed E-state index contributed by atoms with van der Waals surface area (Å²) in [6.45, 7) is 5.70. The first kappa shape index (κ1) is 34.5. The van der Waals surface area contributed by atoms with Crippen LogP contribution in [0.4, 0.5) is 23.2 Å². The number of rotatable bonds is 8. The Balaban J connectivity index is 0.000000287. The number of halogens is 4. The summed E-state index contributed by atoms with van der Waals surface area (Å²) in [5.74, 6) is 0.970. The fraction of sp³-hybridized carbons (Fsp3) is 0.242. The van der Waals surface area contributed by atoms with Gasteiger partial charge in [0.25, 0.3) is 6.47 Å². The Hall–Kier alpha value is -4.73. The quantitative estimate of drug-likeness (QED) is 0.139. The molecule has 0 aromatic heterocycles. The number of methoxy groups -OCH3 is 2. The van der Waals surface area contributed by atoms with Gasteiger partial charge < -0.3 is 25.6 Å². The summed E-state index contributed by atoms with van der Waals surface area (Å²) in [6.07, 6.45) is -2.12. The van der Waals surface area contributed by atoms with Gasteiger partial charge in [-0.3, -0.25) is 4.79 Å². The van der Waals surface area contributed by atoms with Crippen molar-refractivity contribution in [1.29, 1.82) is 0 Å². The molecular weight excluding hydrogens is 564 g/mol. The number of hydrogen-bond donors (Lipinski definition) is 3. The lowest BCUT2D eigenvalue weighted by Gasteiger charge is -2.16. The van der Waals surface area contributed by atoms with Crippen LogP contribution in [0.3, 0.4) is 0 Å². The molecule has 230 valence electrons. The summed E-state index contributed by atoms with van der Waals surface area (Å²) in [7, 11) is 3.40. The van der Waals surface area contributed by atoms with E-state index in [1.807, 2.05) is 18.2 Å². The number of hydrogen-bond acceptors (Lipinski definition) is 5. The Morgan fingerprint density at radius 3 is 2.07 bits per heavy atom. The third-order valence-corrected chi connectivity index (χ3v) is 6.33. The number of ether oxygens (including phenoxy) is 2. The monoisotopic (exact) mass is 600 g/mol. The smallest absolute Gasteiger partial charge is 0.405 e. The number of carbonyl (C=O) groups is 1. The first-order chi connectivity index (χ1) is 20.4. The molecule has 0 aliphatic rings. The van der Waals surface area contributed by atoms with Crippen LogP contribution in [-0.4, -0.2) is 38.5 Å². The topological polar surface area (TPSA) is 93.8 Å². The largest absolute Gasteiger partial charge is 0.496 e. The Labute approximate surface area is 248 Å². The van der Waals surface area contributed by atoms with Crippen molar-refractivity contribution in [3.8, 4) is 22.6 Å². The van der Waals surface area contributed by atoms with Gasteiger partial charge in [-0.2, -0.15) is 13.2 Å². The molecule has 0 radical (unpaired) electrons. The second-order valence-corrected chi connectivity index (χ2v) is 9.35. The second-order valence-electron chi connectivity index (χ2n) is 9.35. The predicted molar refractivity (Wildman–Crippen MR) is 164 cm³/mol. The maximum atomic E-state index is 13.5. The molecular formula is C33H36F4N2O4. The average Bonchev–Trinajstić information content (AvgIpc) is 2.95. The lowest BCUT2D eigenvalue weighted by molar-refractivity contribution is -0.123. The fourth-order valence-corrected chi connectivity index (χ4v) is 4.65. The van der Waals surface area contributed by atoms with Gasteiger partial charge in [0.1, 0.15) is 23.9 Å². The van der Waals surface area contributed by atoms with E-state index in [-0.39, 0.29) is 23.4 Å². The first-order valence-corrected chi connectivity index (χ1v) is 13.3. The molecule has 0 aliphatic heterocycles. The van der Waals surface area contributed by atoms with E-state index in [1.54, 1.807) is 21.1 Å². The summed E-state index contributed by atoms with van der Waals surface area (Å²) in [6, 6.07) is 21.2. The van der Waals surface area contributed by atoms with Crippen molar-refractivity contribution in [2.45, 2.75) is 32.9 Å². The predicted octanol–water partition coefficient (Wildman–Crippen LogP) is 8.22. The standard InChI is InChI=1S/C21H22O2.C11H12F4N2.CH2O2/c1-4-8-15-9-5-11-17-16(15)10-6-12-18(17)21-19(22-2)13-7-14-20(21)23-3;1-6-3-8(17-5-11(13,14)15)4-9(12)10(6)7(2)16;2-1-3/h5-7,9-14H,4,8H2,1-3H3;3-4,17H,2,5,16H2,1H3;1H,(H,2,3). The number of carboxylic acid groups (broad SMARTS) is 1. The van der Waals surface area contributed by atoms with Crippen molar-refractivity contribution in [3.63, 3.8) is 0 Å². The zero-order valence-electron chi connectivity index (χ0n) is 24.5. The van der Waals surface area contributed by atoms with Crippen molar-refractivity contribution in [2.75, 3.05) is 26.1 Å². The molecule has 0 saturated heterocycles. The Bertz CT molecular complexity index is 1490. The van der Waals surface area contributed by atoms with E-state index in [4.69, 9.17) is 25.1 Å². The fourth-order valence-electron chi connectivity index (χ4n) is 4.65. The lowest BCUT2D eigenvalue weighted by atomic mass is 9.93. The van der Waals surface area contributed by atoms with Gasteiger partial charge in [-0.1, -0.05) is 62.4 Å². The van der Waals surface area contributed by atoms with Crippen LogP contribution in [0.25, 0.3) is 27.6 Å². The molecule has 0 aliphatic carbocycles. The molecule has 0 unspecified atom stereocenters. The molecule has 0 fully saturated rings. The van der Waals surface area contributed by atoms with Crippen LogP contribution in [-0.2, 0) is 11.2 Å². The number of alkyl halides is 3. The highest BCUT2D eigenvalue weighted by Crippen LogP contribution is 2.42. The van der Waals surface area contributed by atoms with Gasteiger partial charge in [0.05, 0.1) is 19.8 Å². The molecule has 4 aromatic carbocycles. The number of nitrogens with one attached hydrogen (secondary N) is 1. The van der Waals surface area contributed by atoms with Gasteiger partial charge in [-0.05, 0) is 65.1 Å². The number of fused-ring (bicyclic) bond motifs is 1. The lowest BCUT2D eigenvalue weighted by Crippen LogP contribution is -2.21. The van der Waals surface area contributed by atoms with Crippen molar-refractivity contribution < 1.29 is 36.9 Å². The molecule has 4 N–H and O–H groups in total. The Morgan fingerprint density at radius 2 is 1.56 bits per heavy atom. The van der Waals surface area contributed by atoms with Crippen LogP contribution in [0.15, 0.2) is 73.3 Å². The molecule has 0 amide bonds. The van der Waals surface area contributed by atoms with Crippen molar-refractivity contribution in [3.05, 3.63) is 95.8 Å². The van der Waals surface area contributed by atoms with E-state index in [1.165, 1.54) is 22.4 Å². The van der Waals surface area contributed by atoms with E-state index < -0.39 is 18.5 Å². The number of nitrogens with two attached hydrogens (primary N) is 1. The van der Waals surface area contributed by atoms with Crippen LogP contribution in [0.1, 0.15) is 30.0 Å². The van der Waals surface area contributed by atoms with Gasteiger partial charge >= 0.3 is 6.18 Å². The molecule has 4 rings (SSSR count). The number of anilines is 1. The minimum atomic E-state index is -4.35. The summed E-state index contributed by atoms with van der Waals surface area (Å²) >= 11 is 0. The summed E-state index contributed by atoms with van der Waals surface area (Å²) in [5, 5.41) is 11.5. The SMILES string of the molecule is C=C(N)c1c(C)cc(NCC(F)(F)F)cc1F.CCCc1cccc2c(-c3c(OC)cccc3OC)cccc12.O=CO. The maximum Gasteiger partial charge on any atom is 0.405 e. The highest BCUT2D eigenvalue weighted by Gasteiger charge is 2.26. The second kappa shape index (κ2) is 16.1. The van der Waals surface area contributed by atoms with Crippen LogP contribution in [0.2, 0.25) is 0 Å². The van der Waals surface area contributed by atoms with E-state index in [2.05, 4.69) is 55.2 Å². The molecule has 0 atom stereocenters. The molecule has 0 bridgehead atoms. The zero-order chi connectivity index (χ0) is 32.2. The van der Waals surface area contributed by atoms with Crippen LogP contribution >= 0.6 is 0 Å². The Kier molecular flexibility index (Phi) is 12.9. The van der Waals surface area contributed by atoms with Gasteiger partial charge in [-0.15, -0.1) is 0 Å². The van der Waals surface area contributed by atoms with Gasteiger partial charge in [0, 0.05) is 16.9 Å². The zero-order valence-corrected chi connectivity index (χ0v) is 24.5. The van der Waals surface area contributed by atoms with Crippen molar-refractivity contribution in [2.24, 2.45) is 5.73 Å².